The second kappa shape index (κ2) is 17.4. The normalized spacial score (nSPS) is 13.7. The zero-order valence-electron chi connectivity index (χ0n) is 25.8. The molecule has 14 heteroatoms. The monoisotopic (exact) mass is 637 g/mol. The number of nitrogen functional groups attached to an aromatic ring is 1. The fraction of sp³-hybridized carbons (Fsp3) is 0.333. The van der Waals surface area contributed by atoms with Crippen LogP contribution in [0.15, 0.2) is 65.8 Å². The van der Waals surface area contributed by atoms with E-state index >= 15 is 0 Å². The number of nitrogens with two attached hydrogens (primary N) is 1. The van der Waals surface area contributed by atoms with Gasteiger partial charge < -0.3 is 17.0 Å². The Morgan fingerprint density at radius 3 is 1.61 bits per heavy atom. The van der Waals surface area contributed by atoms with Crippen molar-refractivity contribution in [3.05, 3.63) is 104 Å². The van der Waals surface area contributed by atoms with E-state index in [-0.39, 0.29) is 51.3 Å². The number of benzene rings is 2. The van der Waals surface area contributed by atoms with Gasteiger partial charge in [0.05, 0.1) is 0 Å². The Hall–Kier alpha value is -3.05. The summed E-state index contributed by atoms with van der Waals surface area (Å²) in [5, 5.41) is 4.31. The zero-order chi connectivity index (χ0) is 29.3. The Kier molecular flexibility index (Phi) is 14.0. The molecule has 0 amide bonds. The van der Waals surface area contributed by atoms with Gasteiger partial charge in [-0.05, 0) is 47.5 Å². The van der Waals surface area contributed by atoms with Gasteiger partial charge in [0.1, 0.15) is 21.9 Å². The zero-order valence-corrected chi connectivity index (χ0v) is 28.3. The van der Waals surface area contributed by atoms with Crippen molar-refractivity contribution in [2.45, 2.75) is 38.5 Å². The van der Waals surface area contributed by atoms with E-state index in [1.54, 1.807) is 0 Å². The van der Waals surface area contributed by atoms with Crippen LogP contribution in [0, 0.1) is 0 Å². The molecule has 2 aromatic heterocycles. The van der Waals surface area contributed by atoms with Crippen molar-refractivity contribution in [2.75, 3.05) is 41.7 Å². The number of aromatic nitrogens is 4. The molecule has 4 heterocycles. The minimum absolute atomic E-state index is 0. The van der Waals surface area contributed by atoms with Crippen LogP contribution in [0.2, 0.25) is 10.3 Å². The van der Waals surface area contributed by atoms with Crippen molar-refractivity contribution in [3.8, 4) is 0 Å². The van der Waals surface area contributed by atoms with Crippen LogP contribution >= 0.6 is 23.2 Å². The fourth-order valence-corrected chi connectivity index (χ4v) is 5.73. The van der Waals surface area contributed by atoms with Gasteiger partial charge in [0, 0.05) is 63.5 Å². The van der Waals surface area contributed by atoms with Crippen molar-refractivity contribution < 1.29 is 31.0 Å². The molecular formula is C30H33BCl2N10Na. The molecule has 0 unspecified atom stereocenters. The quantitative estimate of drug-likeness (QED) is 0.107. The van der Waals surface area contributed by atoms with Gasteiger partial charge in [0.25, 0.3) is 0 Å². The van der Waals surface area contributed by atoms with E-state index in [2.05, 4.69) is 51.9 Å². The molecule has 221 valence electrons. The van der Waals surface area contributed by atoms with Crippen LogP contribution in [-0.2, 0) is 12.8 Å². The molecule has 4 aromatic rings. The molecule has 0 aliphatic carbocycles. The summed E-state index contributed by atoms with van der Waals surface area (Å²) >= 11 is 12.6. The van der Waals surface area contributed by atoms with Crippen molar-refractivity contribution in [1.82, 2.24) is 19.9 Å². The van der Waals surface area contributed by atoms with Gasteiger partial charge in [-0.15, -0.1) is 0 Å². The number of rotatable bonds is 7. The number of hydrogen-bond donors (Lipinski definition) is 1. The summed E-state index contributed by atoms with van der Waals surface area (Å²) in [7, 11) is 0. The topological polar surface area (TPSA) is 133 Å². The third-order valence-electron chi connectivity index (χ3n) is 7.27. The number of nitrogens with zero attached hydrogens (tertiary/aromatic N) is 9. The Bertz CT molecular complexity index is 1550. The number of azide groups is 1. The molecule has 2 aliphatic heterocycles. The molecule has 6 rings (SSSR count). The molecule has 0 spiro atoms. The summed E-state index contributed by atoms with van der Waals surface area (Å²) in [6.45, 7) is 3.89. The molecule has 44 heavy (non-hydrogen) atoms. The first-order valence-corrected chi connectivity index (χ1v) is 14.8. The maximum absolute atomic E-state index is 8.59. The average molecular weight is 638 g/mol. The van der Waals surface area contributed by atoms with Crippen LogP contribution in [0.5, 0.6) is 0 Å². The van der Waals surface area contributed by atoms with Gasteiger partial charge in [0.2, 0.25) is 11.9 Å². The Labute approximate surface area is 293 Å². The van der Waals surface area contributed by atoms with E-state index in [0.29, 0.717) is 16.7 Å². The Balaban J connectivity index is 0.000000295. The minimum atomic E-state index is 0. The largest absolute Gasteiger partial charge is 1.00 e. The van der Waals surface area contributed by atoms with Crippen LogP contribution < -0.4 is 45.1 Å². The molecule has 0 saturated carbocycles. The second-order valence-electron chi connectivity index (χ2n) is 10.2. The smallest absolute Gasteiger partial charge is 1.00 e. The molecule has 2 saturated heterocycles. The fourth-order valence-electron chi connectivity index (χ4n) is 5.27. The maximum atomic E-state index is 8.59. The van der Waals surface area contributed by atoms with Gasteiger partial charge in [-0.1, -0.05) is 83.9 Å². The standard InChI is InChI=1S/C15H15ClN6.C15H17ClN4.B.Na.H/c16-13-12(10-11-6-2-1-3-7-11)14(22-8-4-5-9-22)19-15(18-13)20-21-17;16-13-12(10-11-6-2-1-3-7-11)14(19-15(17)18-13)20-8-4-5-9-20;;;/h1-3,6-7H,4-5,8-10H2;1-3,6-7H,4-5,8-10H2,(H2,17,18,19);;;/q;;;+1;-1. The van der Waals surface area contributed by atoms with E-state index in [1.807, 2.05) is 48.5 Å². The van der Waals surface area contributed by atoms with Crippen LogP contribution in [0.3, 0.4) is 0 Å². The SMILES string of the molecule is Nc1nc(Cl)c(Cc2ccccc2)c(N2CCCC2)n1.[B].[H-].[N-]=[N+]=Nc1nc(Cl)c(Cc2ccccc2)c(N2CCCC2)n1.[Na+]. The molecule has 2 aromatic carbocycles. The van der Waals surface area contributed by atoms with Gasteiger partial charge in [-0.2, -0.15) is 4.98 Å². The summed E-state index contributed by atoms with van der Waals surface area (Å²) in [5.41, 5.74) is 18.5. The number of anilines is 3. The molecule has 10 nitrogen and oxygen atoms in total. The maximum Gasteiger partial charge on any atom is 1.00 e. The summed E-state index contributed by atoms with van der Waals surface area (Å²) in [4.78, 5) is 24.2. The predicted octanol–water partition coefficient (Wildman–Crippen LogP) is 3.90. The van der Waals surface area contributed by atoms with E-state index < -0.39 is 0 Å². The minimum Gasteiger partial charge on any atom is -1.00 e. The first-order chi connectivity index (χ1) is 20.5. The second-order valence-corrected chi connectivity index (χ2v) is 10.9. The van der Waals surface area contributed by atoms with Crippen LogP contribution in [-0.4, -0.2) is 54.5 Å². The first kappa shape index (κ1) is 35.4. The third-order valence-corrected chi connectivity index (χ3v) is 7.89. The van der Waals surface area contributed by atoms with E-state index in [4.69, 9.17) is 34.5 Å². The van der Waals surface area contributed by atoms with Crippen molar-refractivity contribution in [1.29, 1.82) is 0 Å². The number of hydrogen-bond acceptors (Lipinski definition) is 8. The van der Waals surface area contributed by atoms with E-state index in [9.17, 15) is 0 Å². The number of halogens is 2. The van der Waals surface area contributed by atoms with Gasteiger partial charge >= 0.3 is 29.6 Å². The van der Waals surface area contributed by atoms with Crippen molar-refractivity contribution in [2.24, 2.45) is 5.11 Å². The summed E-state index contributed by atoms with van der Waals surface area (Å²) in [6.07, 6.45) is 6.01. The van der Waals surface area contributed by atoms with E-state index in [1.165, 1.54) is 18.4 Å². The van der Waals surface area contributed by atoms with Crippen molar-refractivity contribution in [3.63, 3.8) is 0 Å². The molecule has 2 N–H and O–H groups in total. The molecule has 3 radical (unpaired) electrons. The third kappa shape index (κ3) is 9.23. The van der Waals surface area contributed by atoms with Crippen LogP contribution in [0.25, 0.3) is 10.4 Å². The summed E-state index contributed by atoms with van der Waals surface area (Å²) < 4.78 is 0. The van der Waals surface area contributed by atoms with Gasteiger partial charge in [0.15, 0.2) is 0 Å². The summed E-state index contributed by atoms with van der Waals surface area (Å²) in [6, 6.07) is 20.3. The predicted molar refractivity (Wildman–Crippen MR) is 176 cm³/mol. The first-order valence-electron chi connectivity index (χ1n) is 14.0. The molecule has 0 bridgehead atoms. The summed E-state index contributed by atoms with van der Waals surface area (Å²) in [5.74, 6) is 1.99. The van der Waals surface area contributed by atoms with Crippen LogP contribution in [0.1, 0.15) is 49.4 Å². The van der Waals surface area contributed by atoms with Gasteiger partial charge in [-0.3, -0.25) is 0 Å². The van der Waals surface area contributed by atoms with E-state index in [0.717, 1.165) is 73.8 Å². The van der Waals surface area contributed by atoms with Crippen LogP contribution in [0.4, 0.5) is 23.5 Å². The Morgan fingerprint density at radius 1 is 0.727 bits per heavy atom. The molecule has 0 atom stereocenters. The van der Waals surface area contributed by atoms with Gasteiger partial charge in [-0.25, -0.2) is 15.0 Å². The molecule has 2 aliphatic rings. The Morgan fingerprint density at radius 2 is 1.16 bits per heavy atom. The van der Waals surface area contributed by atoms with Crippen molar-refractivity contribution >= 4 is 55.1 Å². The molecular weight excluding hydrogens is 605 g/mol. The average Bonchev–Trinajstić information content (AvgIpc) is 3.73. The molecule has 2 fully saturated rings.